The highest BCUT2D eigenvalue weighted by Gasteiger charge is 2.21. The van der Waals surface area contributed by atoms with Crippen molar-refractivity contribution in [1.29, 1.82) is 0 Å². The number of hydrogen-bond donors (Lipinski definition) is 1. The van der Waals surface area contributed by atoms with E-state index in [-0.39, 0.29) is 5.56 Å². The summed E-state index contributed by atoms with van der Waals surface area (Å²) in [5, 5.41) is 0. The van der Waals surface area contributed by atoms with Crippen molar-refractivity contribution in [2.24, 2.45) is 0 Å². The molecule has 5 rings (SSSR count). The van der Waals surface area contributed by atoms with Crippen molar-refractivity contribution in [3.05, 3.63) is 112 Å². The number of methoxy groups -OCH3 is 1. The maximum Gasteiger partial charge on any atom is 0.278 e. The Morgan fingerprint density at radius 3 is 2.52 bits per heavy atom. The summed E-state index contributed by atoms with van der Waals surface area (Å²) in [6, 6.07) is 21.5. The van der Waals surface area contributed by atoms with Gasteiger partial charge < -0.3 is 14.1 Å². The third-order valence-electron chi connectivity index (χ3n) is 5.29. The van der Waals surface area contributed by atoms with Crippen LogP contribution in [0.1, 0.15) is 22.7 Å². The lowest BCUT2D eigenvalue weighted by Crippen LogP contribution is -2.17. The van der Waals surface area contributed by atoms with Gasteiger partial charge in [0.15, 0.2) is 5.82 Å². The Hall–Kier alpha value is -4.06. The standard InChI is InChI=1S/C25H21N3O3/c1-30-19-11-9-18(10-12-19)23-16-28-24(21(26-23)14-17-6-3-2-4-7-17)27-22(25(28)29)15-20-8-5-13-31-20/h2-13,16,26H,14-15H2,1H3. The summed E-state index contributed by atoms with van der Waals surface area (Å²) in [5.74, 6) is 2.12. The van der Waals surface area contributed by atoms with Gasteiger partial charge in [-0.15, -0.1) is 0 Å². The number of ether oxygens (including phenoxy) is 1. The van der Waals surface area contributed by atoms with Gasteiger partial charge in [0.25, 0.3) is 5.56 Å². The van der Waals surface area contributed by atoms with Gasteiger partial charge >= 0.3 is 0 Å². The van der Waals surface area contributed by atoms with E-state index in [1.807, 2.05) is 60.8 Å². The molecule has 6 heteroatoms. The molecule has 0 saturated carbocycles. The van der Waals surface area contributed by atoms with E-state index in [4.69, 9.17) is 9.15 Å². The van der Waals surface area contributed by atoms with Gasteiger partial charge in [0, 0.05) is 12.6 Å². The maximum atomic E-state index is 13.2. The number of nitrogens with one attached hydrogen (secondary N) is 1. The second-order valence-corrected chi connectivity index (χ2v) is 7.35. The van der Waals surface area contributed by atoms with Crippen LogP contribution in [0.25, 0.3) is 17.1 Å². The lowest BCUT2D eigenvalue weighted by molar-refractivity contribution is 0.415. The minimum Gasteiger partial charge on any atom is -0.497 e. The molecule has 0 unspecified atom stereocenters. The number of rotatable bonds is 6. The summed E-state index contributed by atoms with van der Waals surface area (Å²) in [7, 11) is 1.64. The Balaban J connectivity index is 1.64. The highest BCUT2D eigenvalue weighted by molar-refractivity contribution is 5.61. The zero-order valence-electron chi connectivity index (χ0n) is 17.0. The molecule has 0 bridgehead atoms. The molecule has 0 aliphatic carbocycles. The van der Waals surface area contributed by atoms with Gasteiger partial charge in [-0.2, -0.15) is 0 Å². The largest absolute Gasteiger partial charge is 0.497 e. The molecule has 2 aromatic carbocycles. The number of fused-ring (bicyclic) bond motifs is 1. The first-order chi connectivity index (χ1) is 15.2. The van der Waals surface area contributed by atoms with E-state index in [1.165, 1.54) is 0 Å². The van der Waals surface area contributed by atoms with Gasteiger partial charge in [0.2, 0.25) is 0 Å². The van der Waals surface area contributed by atoms with Crippen molar-refractivity contribution in [2.75, 3.05) is 7.11 Å². The van der Waals surface area contributed by atoms with E-state index < -0.39 is 0 Å². The van der Waals surface area contributed by atoms with E-state index in [0.29, 0.717) is 30.1 Å². The van der Waals surface area contributed by atoms with E-state index in [9.17, 15) is 4.79 Å². The number of aromatic nitrogens is 3. The van der Waals surface area contributed by atoms with Crippen LogP contribution in [0.4, 0.5) is 0 Å². The summed E-state index contributed by atoms with van der Waals surface area (Å²) in [4.78, 5) is 21.4. The lowest BCUT2D eigenvalue weighted by atomic mass is 10.1. The van der Waals surface area contributed by atoms with E-state index in [1.54, 1.807) is 17.9 Å². The van der Waals surface area contributed by atoms with Crippen molar-refractivity contribution in [1.82, 2.24) is 14.5 Å². The molecule has 2 aliphatic heterocycles. The third kappa shape index (κ3) is 3.75. The van der Waals surface area contributed by atoms with Crippen molar-refractivity contribution in [3.63, 3.8) is 0 Å². The van der Waals surface area contributed by atoms with Crippen LogP contribution in [-0.4, -0.2) is 21.6 Å². The molecular formula is C25H21N3O3. The number of H-pyrrole nitrogens is 1. The summed E-state index contributed by atoms with van der Waals surface area (Å²) in [6.07, 6.45) is 4.40. The van der Waals surface area contributed by atoms with Gasteiger partial charge in [-0.05, 0) is 47.5 Å². The van der Waals surface area contributed by atoms with Crippen LogP contribution in [0.15, 0.2) is 88.4 Å². The number of hydrogen-bond acceptors (Lipinski definition) is 4. The van der Waals surface area contributed by atoms with E-state index in [0.717, 1.165) is 28.3 Å². The van der Waals surface area contributed by atoms with Crippen molar-refractivity contribution in [2.45, 2.75) is 12.8 Å². The minimum absolute atomic E-state index is 0.135. The molecule has 3 aromatic rings. The highest BCUT2D eigenvalue weighted by Crippen LogP contribution is 2.25. The monoisotopic (exact) mass is 411 g/mol. The summed E-state index contributed by atoms with van der Waals surface area (Å²) in [5.41, 5.74) is 4.13. The molecule has 0 amide bonds. The molecule has 0 saturated heterocycles. The molecule has 2 aliphatic rings. The van der Waals surface area contributed by atoms with E-state index >= 15 is 0 Å². The van der Waals surface area contributed by atoms with Crippen LogP contribution in [0.2, 0.25) is 0 Å². The smallest absolute Gasteiger partial charge is 0.278 e. The zero-order chi connectivity index (χ0) is 21.2. The second kappa shape index (κ2) is 7.99. The SMILES string of the molecule is COc1ccc(-c2cn3c(=O)c(Cc4ccco4)nc-3c(Cc3ccccc3)[nH]2)cc1. The predicted molar refractivity (Wildman–Crippen MR) is 118 cm³/mol. The predicted octanol–water partition coefficient (Wildman–Crippen LogP) is 4.45. The Bertz CT molecular complexity index is 1320. The molecule has 0 spiro atoms. The summed E-state index contributed by atoms with van der Waals surface area (Å²) < 4.78 is 12.3. The minimum atomic E-state index is -0.135. The van der Waals surface area contributed by atoms with Gasteiger partial charge in [0.1, 0.15) is 17.2 Å². The molecule has 0 atom stereocenters. The van der Waals surface area contributed by atoms with Crippen LogP contribution in [0, 0.1) is 0 Å². The van der Waals surface area contributed by atoms with Crippen LogP contribution in [0.5, 0.6) is 5.75 Å². The Morgan fingerprint density at radius 1 is 1.00 bits per heavy atom. The quantitative estimate of drug-likeness (QED) is 0.448. The number of imidazole rings is 1. The lowest BCUT2D eigenvalue weighted by Gasteiger charge is -2.13. The molecule has 1 aromatic heterocycles. The average Bonchev–Trinajstić information content (AvgIpc) is 3.43. The van der Waals surface area contributed by atoms with E-state index in [2.05, 4.69) is 22.1 Å². The van der Waals surface area contributed by atoms with Crippen molar-refractivity contribution >= 4 is 0 Å². The normalized spacial score (nSPS) is 11.1. The molecular weight excluding hydrogens is 390 g/mol. The average molecular weight is 411 g/mol. The Labute approximate surface area is 179 Å². The number of aromatic amines is 1. The first kappa shape index (κ1) is 18.9. The second-order valence-electron chi connectivity index (χ2n) is 7.35. The van der Waals surface area contributed by atoms with Gasteiger partial charge in [0.05, 0.1) is 31.2 Å². The fourth-order valence-electron chi connectivity index (χ4n) is 3.71. The fourth-order valence-corrected chi connectivity index (χ4v) is 3.71. The molecule has 3 heterocycles. The Kier molecular flexibility index (Phi) is 4.88. The molecule has 154 valence electrons. The number of nitrogens with zero attached hydrogens (tertiary/aromatic N) is 2. The maximum absolute atomic E-state index is 13.2. The van der Waals surface area contributed by atoms with Crippen molar-refractivity contribution in [3.8, 4) is 22.8 Å². The Morgan fingerprint density at radius 2 is 1.81 bits per heavy atom. The number of furan rings is 1. The number of benzene rings is 2. The van der Waals surface area contributed by atoms with Crippen LogP contribution >= 0.6 is 0 Å². The molecule has 0 radical (unpaired) electrons. The zero-order valence-corrected chi connectivity index (χ0v) is 17.0. The fraction of sp³-hybridized carbons (Fsp3) is 0.120. The van der Waals surface area contributed by atoms with Gasteiger partial charge in [-0.25, -0.2) is 4.98 Å². The third-order valence-corrected chi connectivity index (χ3v) is 5.29. The highest BCUT2D eigenvalue weighted by atomic mass is 16.5. The summed E-state index contributed by atoms with van der Waals surface area (Å²) >= 11 is 0. The van der Waals surface area contributed by atoms with Crippen LogP contribution < -0.4 is 10.3 Å². The molecule has 31 heavy (non-hydrogen) atoms. The van der Waals surface area contributed by atoms with Gasteiger partial charge in [-0.1, -0.05) is 30.3 Å². The first-order valence-corrected chi connectivity index (χ1v) is 10.0. The molecule has 0 fully saturated rings. The van der Waals surface area contributed by atoms with Crippen LogP contribution in [0.3, 0.4) is 0 Å². The van der Waals surface area contributed by atoms with Gasteiger partial charge in [-0.3, -0.25) is 9.36 Å². The van der Waals surface area contributed by atoms with Crippen molar-refractivity contribution < 1.29 is 9.15 Å². The summed E-state index contributed by atoms with van der Waals surface area (Å²) in [6.45, 7) is 0. The topological polar surface area (TPSA) is 73.1 Å². The molecule has 6 nitrogen and oxygen atoms in total. The molecule has 1 N–H and O–H groups in total. The van der Waals surface area contributed by atoms with Crippen LogP contribution in [-0.2, 0) is 12.8 Å². The first-order valence-electron chi connectivity index (χ1n) is 10.0.